The first-order valence-electron chi connectivity index (χ1n) is 13.5. The van der Waals surface area contributed by atoms with Crippen molar-refractivity contribution in [3.05, 3.63) is 0 Å². The average Bonchev–Trinajstić information content (AvgIpc) is 2.83. The van der Waals surface area contributed by atoms with E-state index in [1.54, 1.807) is 0 Å². The lowest BCUT2D eigenvalue weighted by Gasteiger charge is -2.08. The van der Waals surface area contributed by atoms with Crippen LogP contribution in [0.2, 0.25) is 0 Å². The van der Waals surface area contributed by atoms with E-state index in [1.165, 1.54) is 64.2 Å². The Kier molecular flexibility index (Phi) is 29.6. The van der Waals surface area contributed by atoms with Crippen molar-refractivity contribution >= 4 is 5.97 Å². The fourth-order valence-electron chi connectivity index (χ4n) is 3.23. The molecule has 0 spiro atoms. The van der Waals surface area contributed by atoms with Crippen molar-refractivity contribution in [2.75, 3.05) is 79.3 Å². The molecule has 0 heterocycles. The van der Waals surface area contributed by atoms with Crippen LogP contribution in [0.4, 0.5) is 0 Å². The van der Waals surface area contributed by atoms with E-state index in [0.717, 1.165) is 13.0 Å². The number of carboxylic acid groups (broad SMARTS) is 1. The van der Waals surface area contributed by atoms with E-state index in [4.69, 9.17) is 33.5 Å². The van der Waals surface area contributed by atoms with E-state index in [2.05, 4.69) is 6.92 Å². The van der Waals surface area contributed by atoms with Crippen LogP contribution in [0.1, 0.15) is 84.0 Å². The van der Waals surface area contributed by atoms with Crippen molar-refractivity contribution in [1.29, 1.82) is 0 Å². The SMILES string of the molecule is CCCCCCCCCCCCCOCCOCCOCCOCCOCCOCCC(=O)O. The summed E-state index contributed by atoms with van der Waals surface area (Å²) in [5.41, 5.74) is 0. The van der Waals surface area contributed by atoms with Crippen molar-refractivity contribution in [2.45, 2.75) is 84.0 Å². The highest BCUT2D eigenvalue weighted by Crippen LogP contribution is 2.11. The molecule has 0 radical (unpaired) electrons. The van der Waals surface area contributed by atoms with Gasteiger partial charge in [0, 0.05) is 6.61 Å². The second kappa shape index (κ2) is 30.3. The van der Waals surface area contributed by atoms with Crippen molar-refractivity contribution in [3.8, 4) is 0 Å². The number of carbonyl (C=O) groups is 1. The summed E-state index contributed by atoms with van der Waals surface area (Å²) >= 11 is 0. The van der Waals surface area contributed by atoms with Gasteiger partial charge in [-0.05, 0) is 6.42 Å². The molecule has 0 aliphatic rings. The van der Waals surface area contributed by atoms with E-state index >= 15 is 0 Å². The minimum absolute atomic E-state index is 0.0153. The number of aliphatic carboxylic acids is 1. The van der Waals surface area contributed by atoms with Crippen molar-refractivity contribution in [2.24, 2.45) is 0 Å². The summed E-state index contributed by atoms with van der Waals surface area (Å²) in [6.45, 7) is 8.50. The first kappa shape index (κ1) is 33.2. The summed E-state index contributed by atoms with van der Waals surface area (Å²) < 4.78 is 32.4. The van der Waals surface area contributed by atoms with Gasteiger partial charge in [0.2, 0.25) is 0 Å². The third-order valence-corrected chi connectivity index (χ3v) is 5.21. The summed E-state index contributed by atoms with van der Waals surface area (Å²) in [6.07, 6.45) is 14.9. The van der Waals surface area contributed by atoms with E-state index < -0.39 is 5.97 Å². The van der Waals surface area contributed by atoms with Crippen LogP contribution >= 0.6 is 0 Å². The Hall–Kier alpha value is -0.770. The Morgan fingerprint density at radius 1 is 0.441 bits per heavy atom. The van der Waals surface area contributed by atoms with Crippen LogP contribution in [0.5, 0.6) is 0 Å². The highest BCUT2D eigenvalue weighted by atomic mass is 16.6. The molecular formula is C26H52O8. The predicted octanol–water partition coefficient (Wildman–Crippen LogP) is 4.87. The smallest absolute Gasteiger partial charge is 0.305 e. The molecule has 0 fully saturated rings. The molecular weight excluding hydrogens is 440 g/mol. The molecule has 0 aliphatic carbocycles. The lowest BCUT2D eigenvalue weighted by atomic mass is 10.1. The quantitative estimate of drug-likeness (QED) is 0.142. The van der Waals surface area contributed by atoms with Gasteiger partial charge < -0.3 is 33.5 Å². The fourth-order valence-corrected chi connectivity index (χ4v) is 3.23. The molecule has 0 atom stereocenters. The van der Waals surface area contributed by atoms with E-state index in [-0.39, 0.29) is 13.0 Å². The monoisotopic (exact) mass is 492 g/mol. The van der Waals surface area contributed by atoms with Gasteiger partial charge in [-0.15, -0.1) is 0 Å². The van der Waals surface area contributed by atoms with Gasteiger partial charge in [0.05, 0.1) is 79.1 Å². The van der Waals surface area contributed by atoms with E-state index in [9.17, 15) is 4.79 Å². The first-order valence-corrected chi connectivity index (χ1v) is 13.5. The Morgan fingerprint density at radius 3 is 1.09 bits per heavy atom. The van der Waals surface area contributed by atoms with Gasteiger partial charge in [-0.2, -0.15) is 0 Å². The molecule has 0 aliphatic heterocycles. The van der Waals surface area contributed by atoms with Crippen LogP contribution in [-0.2, 0) is 33.2 Å². The summed E-state index contributed by atoms with van der Waals surface area (Å²) in [5.74, 6) is -0.859. The standard InChI is InChI=1S/C26H52O8/c1-2-3-4-5-6-7-8-9-10-11-12-14-29-16-18-31-20-22-33-24-25-34-23-21-32-19-17-30-15-13-26(27)28/h2-25H2,1H3,(H,27,28). The molecule has 0 unspecified atom stereocenters. The molecule has 34 heavy (non-hydrogen) atoms. The molecule has 0 aromatic rings. The summed E-state index contributed by atoms with van der Waals surface area (Å²) in [5, 5.41) is 8.46. The number of hydrogen-bond donors (Lipinski definition) is 1. The fraction of sp³-hybridized carbons (Fsp3) is 0.962. The highest BCUT2D eigenvalue weighted by Gasteiger charge is 1.97. The molecule has 0 aromatic heterocycles. The molecule has 0 saturated carbocycles. The zero-order chi connectivity index (χ0) is 24.8. The molecule has 0 rings (SSSR count). The van der Waals surface area contributed by atoms with Gasteiger partial charge >= 0.3 is 5.97 Å². The molecule has 8 nitrogen and oxygen atoms in total. The molecule has 0 aromatic carbocycles. The lowest BCUT2D eigenvalue weighted by molar-refractivity contribution is -0.138. The molecule has 1 N–H and O–H groups in total. The van der Waals surface area contributed by atoms with Crippen molar-refractivity contribution < 1.29 is 38.3 Å². The summed E-state index contributed by atoms with van der Waals surface area (Å²) in [4.78, 5) is 10.3. The van der Waals surface area contributed by atoms with Crippen LogP contribution < -0.4 is 0 Å². The van der Waals surface area contributed by atoms with Crippen molar-refractivity contribution in [1.82, 2.24) is 0 Å². The Labute approximate surface area is 207 Å². The number of carboxylic acids is 1. The number of rotatable bonds is 30. The molecule has 0 saturated heterocycles. The van der Waals surface area contributed by atoms with Gasteiger partial charge in [0.1, 0.15) is 0 Å². The minimum Gasteiger partial charge on any atom is -0.481 e. The van der Waals surface area contributed by atoms with Crippen LogP contribution in [0, 0.1) is 0 Å². The zero-order valence-corrected chi connectivity index (χ0v) is 21.8. The maximum Gasteiger partial charge on any atom is 0.305 e. The Morgan fingerprint density at radius 2 is 0.735 bits per heavy atom. The maximum atomic E-state index is 10.3. The third-order valence-electron chi connectivity index (χ3n) is 5.21. The topological polar surface area (TPSA) is 92.7 Å². The first-order chi connectivity index (χ1) is 16.8. The maximum absolute atomic E-state index is 10.3. The number of unbranched alkanes of at least 4 members (excludes halogenated alkanes) is 10. The minimum atomic E-state index is -0.859. The van der Waals surface area contributed by atoms with Crippen LogP contribution in [0.15, 0.2) is 0 Å². The summed E-state index contributed by atoms with van der Waals surface area (Å²) in [7, 11) is 0. The second-order valence-electron chi connectivity index (χ2n) is 8.35. The lowest BCUT2D eigenvalue weighted by Crippen LogP contribution is -2.14. The zero-order valence-electron chi connectivity index (χ0n) is 21.8. The molecule has 8 heteroatoms. The Balaban J connectivity index is 3.01. The largest absolute Gasteiger partial charge is 0.481 e. The Bertz CT molecular complexity index is 395. The van der Waals surface area contributed by atoms with E-state index in [1.807, 2.05) is 0 Å². The normalized spacial score (nSPS) is 11.3. The van der Waals surface area contributed by atoms with Gasteiger partial charge in [-0.25, -0.2) is 0 Å². The predicted molar refractivity (Wildman–Crippen MR) is 134 cm³/mol. The van der Waals surface area contributed by atoms with Gasteiger partial charge in [0.25, 0.3) is 0 Å². The van der Waals surface area contributed by atoms with Gasteiger partial charge in [-0.3, -0.25) is 4.79 Å². The second-order valence-corrected chi connectivity index (χ2v) is 8.35. The third kappa shape index (κ3) is 31.2. The van der Waals surface area contributed by atoms with Crippen LogP contribution in [-0.4, -0.2) is 90.4 Å². The van der Waals surface area contributed by atoms with Gasteiger partial charge in [0.15, 0.2) is 0 Å². The molecule has 0 amide bonds. The molecule has 204 valence electrons. The number of ether oxygens (including phenoxy) is 6. The van der Waals surface area contributed by atoms with Gasteiger partial charge in [-0.1, -0.05) is 71.1 Å². The average molecular weight is 493 g/mol. The highest BCUT2D eigenvalue weighted by molar-refractivity contribution is 5.66. The van der Waals surface area contributed by atoms with Crippen molar-refractivity contribution in [3.63, 3.8) is 0 Å². The van der Waals surface area contributed by atoms with Crippen LogP contribution in [0.25, 0.3) is 0 Å². The van der Waals surface area contributed by atoms with E-state index in [0.29, 0.717) is 66.1 Å². The summed E-state index contributed by atoms with van der Waals surface area (Å²) in [6, 6.07) is 0. The number of hydrogen-bond acceptors (Lipinski definition) is 7. The van der Waals surface area contributed by atoms with Crippen LogP contribution in [0.3, 0.4) is 0 Å². The molecule has 0 bridgehead atoms.